The van der Waals surface area contributed by atoms with Gasteiger partial charge in [0.05, 0.1) is 13.0 Å². The molecule has 0 spiro atoms. The minimum absolute atomic E-state index is 0.0591. The van der Waals surface area contributed by atoms with Gasteiger partial charge in [0.15, 0.2) is 14.4 Å². The molecule has 0 amide bonds. The lowest BCUT2D eigenvalue weighted by molar-refractivity contribution is -0.255. The van der Waals surface area contributed by atoms with Gasteiger partial charge in [-0.05, 0) is 44.1 Å². The summed E-state index contributed by atoms with van der Waals surface area (Å²) in [4.78, 5) is 24.9. The van der Waals surface area contributed by atoms with Crippen LogP contribution in [0.3, 0.4) is 0 Å². The smallest absolute Gasteiger partial charge is 0.306 e. The lowest BCUT2D eigenvalue weighted by Crippen LogP contribution is -2.68. The lowest BCUT2D eigenvalue weighted by Gasteiger charge is -2.52. The molecule has 1 saturated heterocycles. The summed E-state index contributed by atoms with van der Waals surface area (Å²) in [5, 5.41) is 21.2. The molecule has 1 fully saturated rings. The Morgan fingerprint density at radius 2 is 1.79 bits per heavy atom. The second-order valence-corrected chi connectivity index (χ2v) is 16.2. The van der Waals surface area contributed by atoms with Crippen LogP contribution in [0.5, 0.6) is 0 Å². The van der Waals surface area contributed by atoms with E-state index in [4.69, 9.17) is 13.9 Å². The van der Waals surface area contributed by atoms with Gasteiger partial charge < -0.3 is 28.9 Å². The first-order chi connectivity index (χ1) is 15.2. The normalized spacial score (nSPS) is 28.4. The highest BCUT2D eigenvalue weighted by Gasteiger charge is 2.57. The average Bonchev–Trinajstić information content (AvgIpc) is 2.70. The predicted octanol–water partition coefficient (Wildman–Crippen LogP) is 3.92. The molecule has 1 heterocycles. The number of carbonyl (C=O) groups is 2. The van der Waals surface area contributed by atoms with Crippen LogP contribution < -0.4 is 0 Å². The molecule has 2 rings (SSSR count). The summed E-state index contributed by atoms with van der Waals surface area (Å²) >= 11 is 1.40. The minimum Gasteiger partial charge on any atom is -0.456 e. The number of Topliss-reactive ketones (excluding diaryl/α,β-unsaturated/α-hetero) is 1. The van der Waals surface area contributed by atoms with Crippen LogP contribution in [0.15, 0.2) is 35.2 Å². The third kappa shape index (κ3) is 7.13. The number of rotatable bonds is 9. The number of carbonyl (C=O) groups excluding carboxylic acids is 2. The maximum absolute atomic E-state index is 12.6. The maximum Gasteiger partial charge on any atom is 0.306 e. The molecule has 33 heavy (non-hydrogen) atoms. The van der Waals surface area contributed by atoms with E-state index in [0.717, 1.165) is 4.90 Å². The zero-order valence-corrected chi connectivity index (χ0v) is 22.5. The number of ether oxygens (including phenoxy) is 2. The van der Waals surface area contributed by atoms with Crippen molar-refractivity contribution in [3.05, 3.63) is 30.3 Å². The number of hydrogen-bond acceptors (Lipinski definition) is 8. The summed E-state index contributed by atoms with van der Waals surface area (Å²) in [6, 6.07) is 9.61. The van der Waals surface area contributed by atoms with Gasteiger partial charge in [-0.3, -0.25) is 4.79 Å². The van der Waals surface area contributed by atoms with E-state index in [1.165, 1.54) is 25.6 Å². The fourth-order valence-corrected chi connectivity index (χ4v) is 5.78. The molecular weight excluding hydrogens is 460 g/mol. The van der Waals surface area contributed by atoms with E-state index in [9.17, 15) is 19.8 Å². The van der Waals surface area contributed by atoms with Crippen LogP contribution in [0.25, 0.3) is 0 Å². The third-order valence-electron chi connectivity index (χ3n) is 6.43. The van der Waals surface area contributed by atoms with E-state index in [1.54, 1.807) is 0 Å². The highest BCUT2D eigenvalue weighted by atomic mass is 32.2. The number of hydrogen-bond donors (Lipinski definition) is 2. The summed E-state index contributed by atoms with van der Waals surface area (Å²) in [5.74, 6) is -0.716. The number of aliphatic hydroxyl groups excluding tert-OH is 1. The highest BCUT2D eigenvalue weighted by molar-refractivity contribution is 7.99. The quantitative estimate of drug-likeness (QED) is 0.390. The summed E-state index contributed by atoms with van der Waals surface area (Å²) in [6.07, 6.45) is -2.88. The SMILES string of the molecule is CC(=O)CCC(=O)O[C@@H]1[C@@H](O[Si](C)(C)C(C)(C)C)[C@H](Sc2ccccc2)O[C@H](CO)[C@@]1(C)O. The third-order valence-corrected chi connectivity index (χ3v) is 12.1. The molecule has 0 radical (unpaired) electrons. The Morgan fingerprint density at radius 3 is 2.30 bits per heavy atom. The van der Waals surface area contributed by atoms with Gasteiger partial charge in [-0.25, -0.2) is 0 Å². The molecule has 1 aliphatic heterocycles. The Hall–Kier alpha value is -1.23. The molecule has 1 aromatic carbocycles. The molecule has 9 heteroatoms. The van der Waals surface area contributed by atoms with Crippen molar-refractivity contribution >= 4 is 31.8 Å². The van der Waals surface area contributed by atoms with E-state index in [-0.39, 0.29) is 23.7 Å². The van der Waals surface area contributed by atoms with Crippen LogP contribution in [-0.2, 0) is 23.5 Å². The average molecular weight is 499 g/mol. The molecule has 0 aliphatic carbocycles. The van der Waals surface area contributed by atoms with E-state index in [0.29, 0.717) is 0 Å². The second kappa shape index (κ2) is 11.0. The van der Waals surface area contributed by atoms with E-state index in [2.05, 4.69) is 33.9 Å². The largest absolute Gasteiger partial charge is 0.456 e. The van der Waals surface area contributed by atoms with Crippen molar-refractivity contribution in [1.29, 1.82) is 0 Å². The fraction of sp³-hybridized carbons (Fsp3) is 0.667. The van der Waals surface area contributed by atoms with Gasteiger partial charge in [-0.15, -0.1) is 0 Å². The fourth-order valence-electron chi connectivity index (χ4n) is 3.29. The van der Waals surface area contributed by atoms with Gasteiger partial charge in [0.2, 0.25) is 0 Å². The molecule has 1 aliphatic rings. The maximum atomic E-state index is 12.6. The van der Waals surface area contributed by atoms with Crippen LogP contribution in [0.2, 0.25) is 18.1 Å². The van der Waals surface area contributed by atoms with Crippen LogP contribution >= 0.6 is 11.8 Å². The molecule has 0 bridgehead atoms. The number of aliphatic hydroxyl groups is 2. The van der Waals surface area contributed by atoms with E-state index in [1.807, 2.05) is 30.3 Å². The summed E-state index contributed by atoms with van der Waals surface area (Å²) in [7, 11) is -2.39. The first-order valence-corrected chi connectivity index (χ1v) is 15.0. The number of benzene rings is 1. The molecule has 186 valence electrons. The number of esters is 1. The molecule has 0 aromatic heterocycles. The van der Waals surface area contributed by atoms with Gasteiger partial charge >= 0.3 is 5.97 Å². The second-order valence-electron chi connectivity index (χ2n) is 10.3. The van der Waals surface area contributed by atoms with Crippen LogP contribution in [0.1, 0.15) is 47.5 Å². The van der Waals surface area contributed by atoms with E-state index < -0.39 is 50.2 Å². The highest BCUT2D eigenvalue weighted by Crippen LogP contribution is 2.45. The van der Waals surface area contributed by atoms with Crippen molar-refractivity contribution in [2.24, 2.45) is 0 Å². The molecule has 0 unspecified atom stereocenters. The van der Waals surface area contributed by atoms with Gasteiger partial charge in [0, 0.05) is 11.3 Å². The Labute approximate surface area is 202 Å². The topological polar surface area (TPSA) is 102 Å². The Balaban J connectivity index is 2.46. The van der Waals surface area contributed by atoms with Gasteiger partial charge in [0.25, 0.3) is 0 Å². The monoisotopic (exact) mass is 498 g/mol. The molecule has 1 aromatic rings. The molecule has 0 saturated carbocycles. The molecule has 5 atom stereocenters. The van der Waals surface area contributed by atoms with Crippen molar-refractivity contribution < 1.29 is 33.7 Å². The summed E-state index contributed by atoms with van der Waals surface area (Å²) < 4.78 is 18.6. The predicted molar refractivity (Wildman–Crippen MR) is 131 cm³/mol. The van der Waals surface area contributed by atoms with Gasteiger partial charge in [-0.1, -0.05) is 50.7 Å². The zero-order valence-electron chi connectivity index (χ0n) is 20.7. The summed E-state index contributed by atoms with van der Waals surface area (Å²) in [6.45, 7) is 12.9. The van der Waals surface area contributed by atoms with Gasteiger partial charge in [-0.2, -0.15) is 0 Å². The standard InChI is InChI=1S/C24H38O7SSi/c1-16(26)13-14-19(27)30-21-20(31-33(6,7)23(2,3)4)22(29-18(15-25)24(21,5)28)32-17-11-9-8-10-12-17/h8-12,18,20-22,25,28H,13-15H2,1-7H3/t18-,20-,21-,22+,24-/m1/s1. The zero-order chi connectivity index (χ0) is 25.0. The summed E-state index contributed by atoms with van der Waals surface area (Å²) in [5.41, 5.74) is -2.33. The first-order valence-electron chi connectivity index (χ1n) is 11.3. The van der Waals surface area contributed by atoms with Crippen molar-refractivity contribution in [3.8, 4) is 0 Å². The number of ketones is 1. The Bertz CT molecular complexity index is 807. The van der Waals surface area contributed by atoms with Crippen molar-refractivity contribution in [2.45, 2.75) is 99.8 Å². The van der Waals surface area contributed by atoms with Crippen molar-refractivity contribution in [1.82, 2.24) is 0 Å². The Morgan fingerprint density at radius 1 is 1.18 bits per heavy atom. The lowest BCUT2D eigenvalue weighted by atomic mass is 9.86. The van der Waals surface area contributed by atoms with Crippen LogP contribution in [-0.4, -0.2) is 66.2 Å². The van der Waals surface area contributed by atoms with Crippen LogP contribution in [0.4, 0.5) is 0 Å². The first kappa shape index (κ1) is 28.0. The van der Waals surface area contributed by atoms with Crippen molar-refractivity contribution in [2.75, 3.05) is 6.61 Å². The van der Waals surface area contributed by atoms with Crippen molar-refractivity contribution in [3.63, 3.8) is 0 Å². The minimum atomic E-state index is -2.39. The molecule has 7 nitrogen and oxygen atoms in total. The van der Waals surface area contributed by atoms with Crippen LogP contribution in [0, 0.1) is 0 Å². The molecule has 2 N–H and O–H groups in total. The van der Waals surface area contributed by atoms with Gasteiger partial charge in [0.1, 0.15) is 29.0 Å². The number of thioether (sulfide) groups is 1. The molecular formula is C24H38O7SSi. The Kier molecular flexibility index (Phi) is 9.34. The van der Waals surface area contributed by atoms with E-state index >= 15 is 0 Å².